The van der Waals surface area contributed by atoms with Crippen LogP contribution < -0.4 is 10.1 Å². The molecule has 0 aliphatic rings. The largest absolute Gasteiger partial charge is 0.489 e. The Kier molecular flexibility index (Phi) is 5.39. The van der Waals surface area contributed by atoms with Crippen molar-refractivity contribution < 1.29 is 4.74 Å². The molecule has 0 saturated carbocycles. The highest BCUT2D eigenvalue weighted by molar-refractivity contribution is 7.15. The van der Waals surface area contributed by atoms with Crippen molar-refractivity contribution in [3.8, 4) is 5.75 Å². The number of halogens is 2. The highest BCUT2D eigenvalue weighted by Crippen LogP contribution is 2.21. The first-order valence-electron chi connectivity index (χ1n) is 7.00. The maximum atomic E-state index is 5.86. The number of rotatable bonds is 6. The van der Waals surface area contributed by atoms with Gasteiger partial charge in [-0.25, -0.2) is 4.98 Å². The summed E-state index contributed by atoms with van der Waals surface area (Å²) in [7, 11) is 0. The topological polar surface area (TPSA) is 34.1 Å². The van der Waals surface area contributed by atoms with Crippen LogP contribution in [0.2, 0.25) is 9.49 Å². The molecule has 6 heteroatoms. The molecule has 2 aromatic carbocycles. The minimum atomic E-state index is 0.517. The van der Waals surface area contributed by atoms with Crippen LogP contribution in [0.4, 0.5) is 5.69 Å². The third-order valence-electron chi connectivity index (χ3n) is 3.17. The van der Waals surface area contributed by atoms with E-state index in [1.807, 2.05) is 48.5 Å². The van der Waals surface area contributed by atoms with Crippen LogP contribution in [0.15, 0.2) is 54.7 Å². The molecule has 3 nitrogen and oxygen atoms in total. The van der Waals surface area contributed by atoms with Gasteiger partial charge in [0, 0.05) is 21.8 Å². The van der Waals surface area contributed by atoms with Gasteiger partial charge in [0.1, 0.15) is 12.4 Å². The molecule has 118 valence electrons. The normalized spacial score (nSPS) is 10.5. The van der Waals surface area contributed by atoms with E-state index < -0.39 is 0 Å². The first kappa shape index (κ1) is 16.1. The van der Waals surface area contributed by atoms with Gasteiger partial charge in [0.15, 0.2) is 4.47 Å². The van der Waals surface area contributed by atoms with Gasteiger partial charge >= 0.3 is 0 Å². The molecule has 0 unspecified atom stereocenters. The van der Waals surface area contributed by atoms with Crippen LogP contribution in [0.1, 0.15) is 10.4 Å². The molecular formula is C17H14Cl2N2OS. The molecule has 0 saturated heterocycles. The summed E-state index contributed by atoms with van der Waals surface area (Å²) in [4.78, 5) is 5.11. The molecule has 0 radical (unpaired) electrons. The molecule has 1 heterocycles. The molecule has 23 heavy (non-hydrogen) atoms. The van der Waals surface area contributed by atoms with Crippen LogP contribution in [0.3, 0.4) is 0 Å². The number of hydrogen-bond acceptors (Lipinski definition) is 4. The Morgan fingerprint density at radius 3 is 2.39 bits per heavy atom. The summed E-state index contributed by atoms with van der Waals surface area (Å²) in [6.45, 7) is 1.22. The fourth-order valence-electron chi connectivity index (χ4n) is 1.97. The van der Waals surface area contributed by atoms with Gasteiger partial charge < -0.3 is 10.1 Å². The van der Waals surface area contributed by atoms with E-state index in [4.69, 9.17) is 27.9 Å². The molecule has 0 aliphatic carbocycles. The van der Waals surface area contributed by atoms with E-state index in [1.54, 1.807) is 6.20 Å². The van der Waals surface area contributed by atoms with E-state index in [0.29, 0.717) is 17.6 Å². The van der Waals surface area contributed by atoms with Crippen molar-refractivity contribution in [2.45, 2.75) is 13.2 Å². The number of hydrogen-bond donors (Lipinski definition) is 1. The lowest BCUT2D eigenvalue weighted by Gasteiger charge is -2.08. The Bertz CT molecular complexity index is 757. The SMILES string of the molecule is Clc1ccc(COc2ccc(NCc3cnc(Cl)s3)cc2)cc1. The van der Waals surface area contributed by atoms with Crippen molar-refractivity contribution >= 4 is 40.2 Å². The summed E-state index contributed by atoms with van der Waals surface area (Å²) >= 11 is 13.2. The molecule has 3 aromatic rings. The minimum Gasteiger partial charge on any atom is -0.489 e. The first-order chi connectivity index (χ1) is 11.2. The van der Waals surface area contributed by atoms with Crippen LogP contribution in [-0.2, 0) is 13.2 Å². The zero-order chi connectivity index (χ0) is 16.1. The number of nitrogens with one attached hydrogen (secondary N) is 1. The van der Waals surface area contributed by atoms with Gasteiger partial charge in [-0.1, -0.05) is 35.3 Å². The van der Waals surface area contributed by atoms with Gasteiger partial charge in [0.25, 0.3) is 0 Å². The predicted molar refractivity (Wildman–Crippen MR) is 96.7 cm³/mol. The van der Waals surface area contributed by atoms with Crippen molar-refractivity contribution in [2.75, 3.05) is 5.32 Å². The number of ether oxygens (including phenoxy) is 1. The summed E-state index contributed by atoms with van der Waals surface area (Å²) in [5, 5.41) is 4.05. The Labute approximate surface area is 148 Å². The fourth-order valence-corrected chi connectivity index (χ4v) is 3.01. The quantitative estimate of drug-likeness (QED) is 0.614. The second-order valence-electron chi connectivity index (χ2n) is 4.87. The molecule has 0 fully saturated rings. The van der Waals surface area contributed by atoms with Gasteiger partial charge in [-0.3, -0.25) is 0 Å². The van der Waals surface area contributed by atoms with Gasteiger partial charge in [-0.15, -0.1) is 11.3 Å². The van der Waals surface area contributed by atoms with Crippen molar-refractivity contribution in [1.82, 2.24) is 4.98 Å². The lowest BCUT2D eigenvalue weighted by Crippen LogP contribution is -1.98. The van der Waals surface area contributed by atoms with Crippen molar-refractivity contribution in [3.05, 3.63) is 74.7 Å². The molecule has 0 atom stereocenters. The molecule has 1 aromatic heterocycles. The molecule has 0 bridgehead atoms. The zero-order valence-corrected chi connectivity index (χ0v) is 14.5. The number of nitrogens with zero attached hydrogens (tertiary/aromatic N) is 1. The zero-order valence-electron chi connectivity index (χ0n) is 12.1. The maximum Gasteiger partial charge on any atom is 0.183 e. The lowest BCUT2D eigenvalue weighted by molar-refractivity contribution is 0.306. The smallest absolute Gasteiger partial charge is 0.183 e. The van der Waals surface area contributed by atoms with Crippen LogP contribution in [-0.4, -0.2) is 4.98 Å². The molecular weight excluding hydrogens is 351 g/mol. The van der Waals surface area contributed by atoms with Crippen LogP contribution >= 0.6 is 34.5 Å². The Morgan fingerprint density at radius 2 is 1.74 bits per heavy atom. The van der Waals surface area contributed by atoms with Gasteiger partial charge in [-0.05, 0) is 42.0 Å². The van der Waals surface area contributed by atoms with Gasteiger partial charge in [-0.2, -0.15) is 0 Å². The maximum absolute atomic E-state index is 5.86. The highest BCUT2D eigenvalue weighted by Gasteiger charge is 2.01. The number of anilines is 1. The number of benzene rings is 2. The second-order valence-corrected chi connectivity index (χ2v) is 7.01. The summed E-state index contributed by atoms with van der Waals surface area (Å²) < 4.78 is 6.32. The first-order valence-corrected chi connectivity index (χ1v) is 8.58. The second kappa shape index (κ2) is 7.68. The lowest BCUT2D eigenvalue weighted by atomic mass is 10.2. The van der Waals surface area contributed by atoms with Crippen LogP contribution in [0.5, 0.6) is 5.75 Å². The highest BCUT2D eigenvalue weighted by atomic mass is 35.5. The summed E-state index contributed by atoms with van der Waals surface area (Å²) in [5.41, 5.74) is 2.10. The Hall–Kier alpha value is -1.75. The average molecular weight is 365 g/mol. The third kappa shape index (κ3) is 4.86. The van der Waals surface area contributed by atoms with Crippen molar-refractivity contribution in [2.24, 2.45) is 0 Å². The van der Waals surface area contributed by atoms with E-state index in [2.05, 4.69) is 10.3 Å². The Balaban J connectivity index is 1.51. The monoisotopic (exact) mass is 364 g/mol. The molecule has 0 aliphatic heterocycles. The molecule has 0 spiro atoms. The number of aromatic nitrogens is 1. The summed E-state index contributed by atoms with van der Waals surface area (Å²) in [6.07, 6.45) is 1.78. The summed E-state index contributed by atoms with van der Waals surface area (Å²) in [5.74, 6) is 0.825. The standard InChI is InChI=1S/C17H14Cl2N2OS/c18-13-3-1-12(2-4-13)11-22-15-7-5-14(6-8-15)20-9-16-10-21-17(19)23-16/h1-8,10,20H,9,11H2. The van der Waals surface area contributed by atoms with Crippen LogP contribution in [0.25, 0.3) is 0 Å². The van der Waals surface area contributed by atoms with E-state index in [-0.39, 0.29) is 0 Å². The van der Waals surface area contributed by atoms with Crippen molar-refractivity contribution in [1.29, 1.82) is 0 Å². The van der Waals surface area contributed by atoms with E-state index in [1.165, 1.54) is 11.3 Å². The summed E-state index contributed by atoms with van der Waals surface area (Å²) in [6, 6.07) is 15.5. The van der Waals surface area contributed by atoms with Gasteiger partial charge in [0.05, 0.1) is 6.54 Å². The van der Waals surface area contributed by atoms with Gasteiger partial charge in [0.2, 0.25) is 0 Å². The number of thiazole rings is 1. The molecule has 1 N–H and O–H groups in total. The fraction of sp³-hybridized carbons (Fsp3) is 0.118. The molecule has 3 rings (SSSR count). The van der Waals surface area contributed by atoms with Crippen LogP contribution in [0, 0.1) is 0 Å². The average Bonchev–Trinajstić information content (AvgIpc) is 2.99. The minimum absolute atomic E-state index is 0.517. The van der Waals surface area contributed by atoms with E-state index in [0.717, 1.165) is 26.9 Å². The van der Waals surface area contributed by atoms with E-state index >= 15 is 0 Å². The Morgan fingerprint density at radius 1 is 1.00 bits per heavy atom. The molecule has 0 amide bonds. The predicted octanol–water partition coefficient (Wildman–Crippen LogP) is 5.64. The van der Waals surface area contributed by atoms with E-state index in [9.17, 15) is 0 Å². The van der Waals surface area contributed by atoms with Crippen molar-refractivity contribution in [3.63, 3.8) is 0 Å². The third-order valence-corrected chi connectivity index (χ3v) is 4.53.